The van der Waals surface area contributed by atoms with Crippen LogP contribution in [-0.2, 0) is 16.1 Å². The van der Waals surface area contributed by atoms with E-state index in [1.54, 1.807) is 0 Å². The van der Waals surface area contributed by atoms with Gasteiger partial charge >= 0.3 is 0 Å². The van der Waals surface area contributed by atoms with E-state index in [1.165, 1.54) is 5.56 Å². The second-order valence-corrected chi connectivity index (χ2v) is 8.46. The molecule has 12 nitrogen and oxygen atoms in total. The lowest BCUT2D eigenvalue weighted by Crippen LogP contribution is -2.53. The number of amides is 1. The van der Waals surface area contributed by atoms with Gasteiger partial charge in [-0.05, 0) is 23.5 Å². The second-order valence-electron chi connectivity index (χ2n) is 8.46. The number of rotatable bonds is 10. The Balaban J connectivity index is -0.000000702. The Morgan fingerprint density at radius 3 is 2.11 bits per heavy atom. The third-order valence-electron chi connectivity index (χ3n) is 5.77. The summed E-state index contributed by atoms with van der Waals surface area (Å²) >= 11 is 0. The summed E-state index contributed by atoms with van der Waals surface area (Å²) in [5, 5.41) is 75.5. The van der Waals surface area contributed by atoms with Crippen molar-refractivity contribution in [3.63, 3.8) is 0 Å². The monoisotopic (exact) mass is 539 g/mol. The number of hydrogen-bond acceptors (Lipinski definition) is 10. The second kappa shape index (κ2) is 20.3. The van der Waals surface area contributed by atoms with Crippen LogP contribution in [0.5, 0.6) is 0 Å². The van der Waals surface area contributed by atoms with E-state index in [9.17, 15) is 20.1 Å². The lowest BCUT2D eigenvalue weighted by atomic mass is 9.97. The number of nitrogens with one attached hydrogen (secondary N) is 1. The minimum Gasteiger partial charge on any atom is -0.412 e. The van der Waals surface area contributed by atoms with Crippen molar-refractivity contribution in [2.75, 3.05) is 19.8 Å². The van der Waals surface area contributed by atoms with Crippen LogP contribution in [0.3, 0.4) is 0 Å². The van der Waals surface area contributed by atoms with Gasteiger partial charge in [-0.25, -0.2) is 0 Å². The molecule has 0 radical (unpaired) electrons. The normalized spacial score (nSPS) is 23.8. The fraction of sp³-hybridized carbons (Fsp3) is 0.720. The molecular weight excluding hydrogens is 490 g/mol. The molecule has 37 heavy (non-hydrogen) atoms. The molecule has 1 heterocycles. The number of aliphatic hydroxyl groups excluding tert-OH is 8. The van der Waals surface area contributed by atoms with Crippen molar-refractivity contribution in [2.24, 2.45) is 0 Å². The van der Waals surface area contributed by atoms with E-state index < -0.39 is 55.2 Å². The molecule has 0 aromatic heterocycles. The Kier molecular flexibility index (Phi) is 21.8. The minimum absolute atomic E-state index is 0. The zero-order valence-electron chi connectivity index (χ0n) is 20.1. The van der Waals surface area contributed by atoms with E-state index in [-0.39, 0.29) is 46.5 Å². The molecule has 1 saturated heterocycles. The summed E-state index contributed by atoms with van der Waals surface area (Å²) in [6.07, 6.45) is -7.72. The average Bonchev–Trinajstić information content (AvgIpc) is 2.85. The van der Waals surface area contributed by atoms with Crippen molar-refractivity contribution in [3.05, 3.63) is 35.4 Å². The molecule has 0 spiro atoms. The van der Waals surface area contributed by atoms with Crippen LogP contribution in [0.15, 0.2) is 24.3 Å². The number of hydrogen-bond donors (Lipinski definition) is 9. The van der Waals surface area contributed by atoms with Gasteiger partial charge in [0.25, 0.3) is 5.91 Å². The van der Waals surface area contributed by atoms with Gasteiger partial charge < -0.3 is 56.4 Å². The smallest absolute Gasteiger partial charge is 0.251 e. The standard InChI is InChI=1S/C17H27NO5.C6H12O5.2CH4.H2O/c1-3-11(2)13-6-4-12(5-7-13)9-18-17(23)16(22)15(21)8-14(20)10-19;7-1-4-6(10)5(9)3(8)2-11-4;;;/h4-7,11,14-16,19-22H,3,8-10H2,1-2H3,(H,18,23);3-10H,1-2H2;2*1H4;1H2. The van der Waals surface area contributed by atoms with Gasteiger partial charge in [0.1, 0.15) is 24.4 Å². The van der Waals surface area contributed by atoms with Gasteiger partial charge in [0.15, 0.2) is 6.10 Å². The molecule has 8 unspecified atom stereocenters. The van der Waals surface area contributed by atoms with Crippen molar-refractivity contribution in [2.45, 2.75) is 96.7 Å². The summed E-state index contributed by atoms with van der Waals surface area (Å²) in [4.78, 5) is 11.8. The fourth-order valence-corrected chi connectivity index (χ4v) is 3.18. The van der Waals surface area contributed by atoms with Crippen molar-refractivity contribution >= 4 is 5.91 Å². The summed E-state index contributed by atoms with van der Waals surface area (Å²) < 4.78 is 4.81. The number of carbonyl (C=O) groups excluding carboxylic acids is 1. The average molecular weight is 540 g/mol. The third-order valence-corrected chi connectivity index (χ3v) is 5.77. The zero-order valence-corrected chi connectivity index (χ0v) is 20.1. The van der Waals surface area contributed by atoms with Crippen LogP contribution in [-0.4, -0.2) is 115 Å². The topological polar surface area (TPSA) is 232 Å². The van der Waals surface area contributed by atoms with Crippen molar-refractivity contribution in [1.29, 1.82) is 0 Å². The molecule has 1 aromatic carbocycles. The zero-order chi connectivity index (χ0) is 25.8. The molecule has 1 aliphatic rings. The molecule has 220 valence electrons. The number of carbonyl (C=O) groups is 1. The lowest BCUT2D eigenvalue weighted by Gasteiger charge is -2.34. The van der Waals surface area contributed by atoms with Crippen molar-refractivity contribution in [3.8, 4) is 0 Å². The van der Waals surface area contributed by atoms with Crippen LogP contribution in [0.1, 0.15) is 58.6 Å². The first-order valence-corrected chi connectivity index (χ1v) is 11.3. The first kappa shape index (κ1) is 39.8. The van der Waals surface area contributed by atoms with E-state index in [0.29, 0.717) is 5.92 Å². The van der Waals surface area contributed by atoms with Crippen LogP contribution < -0.4 is 5.32 Å². The first-order valence-electron chi connectivity index (χ1n) is 11.3. The van der Waals surface area contributed by atoms with Crippen LogP contribution in [0.2, 0.25) is 0 Å². The summed E-state index contributed by atoms with van der Waals surface area (Å²) in [5.41, 5.74) is 2.12. The molecule has 0 aliphatic carbocycles. The Labute approximate surface area is 219 Å². The predicted molar refractivity (Wildman–Crippen MR) is 139 cm³/mol. The summed E-state index contributed by atoms with van der Waals surface area (Å²) in [5.74, 6) is -0.234. The van der Waals surface area contributed by atoms with Gasteiger partial charge in [-0.2, -0.15) is 0 Å². The van der Waals surface area contributed by atoms with E-state index in [1.807, 2.05) is 24.3 Å². The maximum atomic E-state index is 11.8. The highest BCUT2D eigenvalue weighted by Gasteiger charge is 2.36. The van der Waals surface area contributed by atoms with Crippen molar-refractivity contribution < 1.29 is 55.9 Å². The Bertz CT molecular complexity index is 704. The highest BCUT2D eigenvalue weighted by molar-refractivity contribution is 5.81. The Hall–Kier alpha value is -1.71. The van der Waals surface area contributed by atoms with Gasteiger partial charge in [0.2, 0.25) is 0 Å². The molecule has 8 atom stereocenters. The molecule has 2 rings (SSSR count). The molecule has 1 aliphatic heterocycles. The third kappa shape index (κ3) is 13.1. The van der Waals surface area contributed by atoms with Crippen LogP contribution in [0.25, 0.3) is 0 Å². The highest BCUT2D eigenvalue weighted by atomic mass is 16.5. The molecule has 1 aromatic rings. The number of ether oxygens (including phenoxy) is 1. The SMILES string of the molecule is C.C.CCC(C)c1ccc(CNC(=O)C(O)C(O)CC(O)CO)cc1.O.OCC1OCC(O)C(O)C1O. The molecule has 11 N–H and O–H groups in total. The fourth-order valence-electron chi connectivity index (χ4n) is 3.18. The first-order chi connectivity index (χ1) is 16.0. The van der Waals surface area contributed by atoms with E-state index in [0.717, 1.165) is 12.0 Å². The van der Waals surface area contributed by atoms with Crippen LogP contribution in [0.4, 0.5) is 0 Å². The minimum atomic E-state index is -1.64. The summed E-state index contributed by atoms with van der Waals surface area (Å²) in [6, 6.07) is 7.86. The van der Waals surface area contributed by atoms with E-state index >= 15 is 0 Å². The maximum Gasteiger partial charge on any atom is 0.251 e. The quantitative estimate of drug-likeness (QED) is 0.162. The molecule has 0 bridgehead atoms. The van der Waals surface area contributed by atoms with Gasteiger partial charge in [0, 0.05) is 13.0 Å². The number of aliphatic hydroxyl groups is 8. The van der Waals surface area contributed by atoms with Gasteiger partial charge in [-0.1, -0.05) is 53.0 Å². The largest absolute Gasteiger partial charge is 0.412 e. The van der Waals surface area contributed by atoms with E-state index in [2.05, 4.69) is 19.2 Å². The summed E-state index contributed by atoms with van der Waals surface area (Å²) in [7, 11) is 0. The van der Waals surface area contributed by atoms with Crippen LogP contribution >= 0.6 is 0 Å². The van der Waals surface area contributed by atoms with Gasteiger partial charge in [-0.15, -0.1) is 0 Å². The van der Waals surface area contributed by atoms with Gasteiger partial charge in [-0.3, -0.25) is 4.79 Å². The number of benzene rings is 1. The Morgan fingerprint density at radius 1 is 1.05 bits per heavy atom. The summed E-state index contributed by atoms with van der Waals surface area (Å²) in [6.45, 7) is 3.57. The molecule has 1 fully saturated rings. The molecular formula is C25H49NO11. The van der Waals surface area contributed by atoms with Crippen molar-refractivity contribution in [1.82, 2.24) is 5.32 Å². The lowest BCUT2D eigenvalue weighted by molar-refractivity contribution is -0.195. The highest BCUT2D eigenvalue weighted by Crippen LogP contribution is 2.19. The molecule has 12 heteroatoms. The van der Waals surface area contributed by atoms with Gasteiger partial charge in [0.05, 0.1) is 32.0 Å². The molecule has 0 saturated carbocycles. The predicted octanol–water partition coefficient (Wildman–Crippen LogP) is -1.81. The van der Waals surface area contributed by atoms with E-state index in [4.69, 9.17) is 30.3 Å². The Morgan fingerprint density at radius 2 is 1.62 bits per heavy atom. The maximum absolute atomic E-state index is 11.8. The van der Waals surface area contributed by atoms with Crippen LogP contribution in [0, 0.1) is 0 Å². The molecule has 1 amide bonds.